The fourth-order valence-corrected chi connectivity index (χ4v) is 2.75. The first-order chi connectivity index (χ1) is 16.2. The van der Waals surface area contributed by atoms with Crippen molar-refractivity contribution in [2.75, 3.05) is 20.7 Å². The van der Waals surface area contributed by atoms with Gasteiger partial charge in [0.15, 0.2) is 5.78 Å². The van der Waals surface area contributed by atoms with Gasteiger partial charge in [0.2, 0.25) is 11.8 Å². The predicted molar refractivity (Wildman–Crippen MR) is 120 cm³/mol. The summed E-state index contributed by atoms with van der Waals surface area (Å²) in [5, 5.41) is 22.8. The van der Waals surface area contributed by atoms with Gasteiger partial charge >= 0.3 is 29.6 Å². The number of nitrogens with two attached hydrogens (primary N) is 1. The van der Waals surface area contributed by atoms with Gasteiger partial charge in [0.05, 0.1) is 30.7 Å². The Hall–Kier alpha value is -3.28. The van der Waals surface area contributed by atoms with Gasteiger partial charge in [0.25, 0.3) is 0 Å². The summed E-state index contributed by atoms with van der Waals surface area (Å²) in [6.45, 7) is -0.0162. The van der Waals surface area contributed by atoms with E-state index in [1.807, 2.05) is 0 Å². The second-order valence-electron chi connectivity index (χ2n) is 7.48. The Labute approximate surface area is 225 Å². The van der Waals surface area contributed by atoms with Crippen LogP contribution in [0.4, 0.5) is 5.69 Å². The van der Waals surface area contributed by atoms with Gasteiger partial charge in [0.1, 0.15) is 5.75 Å². The smallest absolute Gasteiger partial charge is 0.548 e. The first-order valence-corrected chi connectivity index (χ1v) is 10.4. The number of ether oxygens (including phenoxy) is 1. The van der Waals surface area contributed by atoms with Crippen LogP contribution in [0.5, 0.6) is 5.75 Å². The number of ketones is 1. The molecule has 0 bridgehead atoms. The molecule has 0 aliphatic rings. The fourth-order valence-electron chi connectivity index (χ4n) is 2.75. The molecule has 0 aliphatic carbocycles. The summed E-state index contributed by atoms with van der Waals surface area (Å²) in [6.07, 6.45) is -0.451. The van der Waals surface area contributed by atoms with E-state index in [4.69, 9.17) is 10.5 Å². The molecule has 0 heterocycles. The van der Waals surface area contributed by atoms with Crippen LogP contribution in [0.15, 0.2) is 58.9 Å². The van der Waals surface area contributed by atoms with E-state index in [0.29, 0.717) is 22.6 Å². The molecule has 3 N–H and O–H groups in total. The Balaban J connectivity index is 0.00000612. The largest absolute Gasteiger partial charge is 1.00 e. The Morgan fingerprint density at radius 2 is 1.57 bits per heavy atom. The first kappa shape index (κ1) is 29.8. The summed E-state index contributed by atoms with van der Waals surface area (Å²) in [4.78, 5) is 46.4. The number of primary amides is 1. The zero-order valence-electron chi connectivity index (χ0n) is 19.9. The van der Waals surface area contributed by atoms with Crippen LogP contribution in [0.3, 0.4) is 0 Å². The van der Waals surface area contributed by atoms with E-state index in [1.54, 1.807) is 67.6 Å². The Bertz CT molecular complexity index is 1040. The van der Waals surface area contributed by atoms with Gasteiger partial charge in [-0.3, -0.25) is 19.4 Å². The minimum absolute atomic E-state index is 0. The third kappa shape index (κ3) is 10.7. The zero-order valence-corrected chi connectivity index (χ0v) is 21.9. The average molecular weight is 491 g/mol. The van der Waals surface area contributed by atoms with Gasteiger partial charge < -0.3 is 25.7 Å². The number of benzene rings is 2. The monoisotopic (exact) mass is 491 g/mol. The SMILES string of the molecule is CN(C)N=Nc1ccc(C(=O)c2ccc(OCCC(=O)NC(CCC(N)=O)C(=O)[O-])cc2)cc1.[Na+]. The van der Waals surface area contributed by atoms with Crippen molar-refractivity contribution in [1.82, 2.24) is 10.3 Å². The molecule has 2 rings (SSSR count). The van der Waals surface area contributed by atoms with Crippen LogP contribution >= 0.6 is 0 Å². The molecule has 2 amide bonds. The van der Waals surface area contributed by atoms with Crippen molar-refractivity contribution in [3.05, 3.63) is 59.7 Å². The minimum Gasteiger partial charge on any atom is -0.548 e. The molecule has 35 heavy (non-hydrogen) atoms. The molecule has 1 unspecified atom stereocenters. The molecule has 0 aromatic heterocycles. The third-order valence-electron chi connectivity index (χ3n) is 4.48. The van der Waals surface area contributed by atoms with Crippen molar-refractivity contribution >= 4 is 29.3 Å². The van der Waals surface area contributed by atoms with Gasteiger partial charge in [0, 0.05) is 31.6 Å². The molecule has 12 heteroatoms. The number of hydrogen-bond acceptors (Lipinski definition) is 8. The zero-order chi connectivity index (χ0) is 25.1. The van der Waals surface area contributed by atoms with Gasteiger partial charge in [-0.15, -0.1) is 5.11 Å². The number of amides is 2. The van der Waals surface area contributed by atoms with Crippen molar-refractivity contribution in [3.8, 4) is 5.75 Å². The van der Waals surface area contributed by atoms with E-state index in [-0.39, 0.29) is 61.2 Å². The molecule has 180 valence electrons. The van der Waals surface area contributed by atoms with Crippen LogP contribution in [-0.2, 0) is 14.4 Å². The summed E-state index contributed by atoms with van der Waals surface area (Å²) in [5.41, 5.74) is 6.56. The number of rotatable bonds is 13. The molecule has 0 saturated heterocycles. The summed E-state index contributed by atoms with van der Waals surface area (Å²) in [5.74, 6) is -2.48. The third-order valence-corrected chi connectivity index (χ3v) is 4.48. The number of carbonyl (C=O) groups is 4. The average Bonchev–Trinajstić information content (AvgIpc) is 2.80. The summed E-state index contributed by atoms with van der Waals surface area (Å²) in [6, 6.07) is 11.8. The van der Waals surface area contributed by atoms with E-state index >= 15 is 0 Å². The van der Waals surface area contributed by atoms with Crippen molar-refractivity contribution in [2.45, 2.75) is 25.3 Å². The van der Waals surface area contributed by atoms with Crippen molar-refractivity contribution in [1.29, 1.82) is 0 Å². The second kappa shape index (κ2) is 14.9. The van der Waals surface area contributed by atoms with Gasteiger partial charge in [-0.2, -0.15) is 0 Å². The topological polar surface area (TPSA) is 167 Å². The van der Waals surface area contributed by atoms with Gasteiger partial charge in [-0.05, 0) is 55.0 Å². The fraction of sp³-hybridized carbons (Fsp3) is 0.304. The van der Waals surface area contributed by atoms with Gasteiger partial charge in [-0.25, -0.2) is 0 Å². The van der Waals surface area contributed by atoms with Crippen LogP contribution in [0.25, 0.3) is 0 Å². The Morgan fingerprint density at radius 3 is 2.09 bits per heavy atom. The summed E-state index contributed by atoms with van der Waals surface area (Å²) >= 11 is 0. The standard InChI is InChI=1S/C23H27N5O6.Na/c1-28(2)27-26-17-7-3-15(4-8-17)22(31)16-5-9-18(10-6-16)34-14-13-21(30)25-19(23(32)33)11-12-20(24)29;/h3-10,19H,11-14H2,1-2H3,(H2,24,29)(H,25,30)(H,32,33);/q;+1/p-1. The Morgan fingerprint density at radius 1 is 1.00 bits per heavy atom. The number of hydrogen-bond donors (Lipinski definition) is 2. The predicted octanol–water partition coefficient (Wildman–Crippen LogP) is -2.25. The number of carboxylic acids is 1. The molecular formula is C23H26N5NaO6. The molecule has 0 saturated carbocycles. The molecule has 0 radical (unpaired) electrons. The first-order valence-electron chi connectivity index (χ1n) is 10.4. The van der Waals surface area contributed by atoms with Crippen LogP contribution in [0.1, 0.15) is 35.2 Å². The van der Waals surface area contributed by atoms with E-state index in [0.717, 1.165) is 0 Å². The second-order valence-corrected chi connectivity index (χ2v) is 7.48. The maximum atomic E-state index is 12.7. The van der Waals surface area contributed by atoms with Crippen molar-refractivity contribution in [2.24, 2.45) is 16.1 Å². The molecule has 1 atom stereocenters. The molecule has 11 nitrogen and oxygen atoms in total. The quantitative estimate of drug-likeness (QED) is 0.138. The maximum absolute atomic E-state index is 12.7. The minimum atomic E-state index is -1.50. The van der Waals surface area contributed by atoms with Crippen LogP contribution in [0, 0.1) is 0 Å². The normalized spacial score (nSPS) is 11.3. The molecule has 0 spiro atoms. The maximum Gasteiger partial charge on any atom is 1.00 e. The molecule has 2 aromatic rings. The number of carbonyl (C=O) groups excluding carboxylic acids is 4. The molecule has 0 fully saturated rings. The number of nitrogens with zero attached hydrogens (tertiary/aromatic N) is 3. The van der Waals surface area contributed by atoms with Crippen LogP contribution in [0.2, 0.25) is 0 Å². The van der Waals surface area contributed by atoms with E-state index in [1.165, 1.54) is 0 Å². The van der Waals surface area contributed by atoms with Crippen LogP contribution in [-0.4, -0.2) is 55.3 Å². The van der Waals surface area contributed by atoms with Crippen LogP contribution < -0.4 is 50.5 Å². The molecule has 0 aliphatic heterocycles. The van der Waals surface area contributed by atoms with Gasteiger partial charge in [-0.1, -0.05) is 5.22 Å². The van der Waals surface area contributed by atoms with E-state index in [2.05, 4.69) is 15.7 Å². The molecular weight excluding hydrogens is 465 g/mol. The number of aliphatic carboxylic acids is 1. The van der Waals surface area contributed by atoms with E-state index in [9.17, 15) is 24.3 Å². The van der Waals surface area contributed by atoms with Crippen molar-refractivity contribution in [3.63, 3.8) is 0 Å². The number of nitrogens with one attached hydrogen (secondary N) is 1. The van der Waals surface area contributed by atoms with E-state index < -0.39 is 23.8 Å². The Kier molecular flexibility index (Phi) is 12.6. The molecule has 2 aromatic carbocycles. The number of carboxylic acid groups (broad SMARTS) is 1. The van der Waals surface area contributed by atoms with Crippen molar-refractivity contribution < 1.29 is 58.6 Å². The summed E-state index contributed by atoms with van der Waals surface area (Å²) < 4.78 is 5.48. The summed E-state index contributed by atoms with van der Waals surface area (Å²) in [7, 11) is 3.51.